The highest BCUT2D eigenvalue weighted by molar-refractivity contribution is 5.89. The molecule has 0 unspecified atom stereocenters. The molecule has 2 aliphatic rings. The zero-order chi connectivity index (χ0) is 16.3. The normalized spacial score (nSPS) is 26.7. The minimum atomic E-state index is -0.381. The molecular formula is C19H28N2O2. The van der Waals surface area contributed by atoms with Gasteiger partial charge in [0.05, 0.1) is 12.5 Å². The van der Waals surface area contributed by atoms with Crippen molar-refractivity contribution in [2.24, 2.45) is 5.73 Å². The highest BCUT2D eigenvalue weighted by Gasteiger charge is 2.43. The van der Waals surface area contributed by atoms with Gasteiger partial charge in [-0.2, -0.15) is 0 Å². The minimum absolute atomic E-state index is 0.198. The molecule has 0 atom stereocenters. The van der Waals surface area contributed by atoms with Gasteiger partial charge in [-0.3, -0.25) is 4.79 Å². The SMILES string of the molecule is COc1cccc(C2(C(=O)NC3CCC(N)CC3)CCCC2)c1. The molecular weight excluding hydrogens is 288 g/mol. The zero-order valence-electron chi connectivity index (χ0n) is 14.0. The lowest BCUT2D eigenvalue weighted by atomic mass is 9.77. The lowest BCUT2D eigenvalue weighted by Crippen LogP contribution is -2.48. The first-order valence-electron chi connectivity index (χ1n) is 8.85. The fraction of sp³-hybridized carbons (Fsp3) is 0.632. The standard InChI is InChI=1S/C19H28N2O2/c1-23-17-6-4-5-14(13-17)19(11-2-3-12-19)18(22)21-16-9-7-15(20)8-10-16/h4-6,13,15-16H,2-3,7-12,20H2,1H3,(H,21,22). The summed E-state index contributed by atoms with van der Waals surface area (Å²) in [5.41, 5.74) is 6.69. The molecule has 0 bridgehead atoms. The van der Waals surface area contributed by atoms with E-state index in [0.717, 1.165) is 62.7 Å². The van der Waals surface area contributed by atoms with Crippen LogP contribution in [-0.4, -0.2) is 25.1 Å². The van der Waals surface area contributed by atoms with Crippen molar-refractivity contribution in [3.63, 3.8) is 0 Å². The number of rotatable bonds is 4. The van der Waals surface area contributed by atoms with Gasteiger partial charge in [0.2, 0.25) is 5.91 Å². The third-order valence-corrected chi connectivity index (χ3v) is 5.62. The lowest BCUT2D eigenvalue weighted by Gasteiger charge is -2.33. The van der Waals surface area contributed by atoms with Crippen LogP contribution in [-0.2, 0) is 10.2 Å². The molecule has 0 radical (unpaired) electrons. The van der Waals surface area contributed by atoms with Crippen LogP contribution >= 0.6 is 0 Å². The Morgan fingerprint density at radius 2 is 1.91 bits per heavy atom. The predicted molar refractivity (Wildman–Crippen MR) is 91.5 cm³/mol. The summed E-state index contributed by atoms with van der Waals surface area (Å²) in [6.45, 7) is 0. The number of hydrogen-bond donors (Lipinski definition) is 2. The molecule has 4 heteroatoms. The smallest absolute Gasteiger partial charge is 0.230 e. The van der Waals surface area contributed by atoms with E-state index >= 15 is 0 Å². The number of carbonyl (C=O) groups excluding carboxylic acids is 1. The third kappa shape index (κ3) is 3.37. The van der Waals surface area contributed by atoms with Crippen molar-refractivity contribution in [3.05, 3.63) is 29.8 Å². The van der Waals surface area contributed by atoms with Gasteiger partial charge in [-0.1, -0.05) is 25.0 Å². The van der Waals surface area contributed by atoms with Crippen LogP contribution in [0.5, 0.6) is 5.75 Å². The molecule has 1 aromatic carbocycles. The van der Waals surface area contributed by atoms with Crippen molar-refractivity contribution >= 4 is 5.91 Å². The Morgan fingerprint density at radius 1 is 1.22 bits per heavy atom. The van der Waals surface area contributed by atoms with Crippen molar-refractivity contribution in [2.75, 3.05) is 7.11 Å². The second-order valence-corrected chi connectivity index (χ2v) is 7.11. The molecule has 1 amide bonds. The van der Waals surface area contributed by atoms with Gasteiger partial charge in [-0.05, 0) is 56.2 Å². The summed E-state index contributed by atoms with van der Waals surface area (Å²) in [4.78, 5) is 13.1. The maximum absolute atomic E-state index is 13.1. The highest BCUT2D eigenvalue weighted by atomic mass is 16.5. The van der Waals surface area contributed by atoms with Gasteiger partial charge in [-0.15, -0.1) is 0 Å². The summed E-state index contributed by atoms with van der Waals surface area (Å²) in [5, 5.41) is 3.32. The van der Waals surface area contributed by atoms with E-state index in [2.05, 4.69) is 11.4 Å². The molecule has 2 aliphatic carbocycles. The molecule has 2 fully saturated rings. The molecule has 4 nitrogen and oxygen atoms in total. The number of benzene rings is 1. The topological polar surface area (TPSA) is 64.3 Å². The van der Waals surface area contributed by atoms with E-state index in [-0.39, 0.29) is 17.4 Å². The molecule has 0 aromatic heterocycles. The van der Waals surface area contributed by atoms with Crippen molar-refractivity contribution < 1.29 is 9.53 Å². The predicted octanol–water partition coefficient (Wildman–Crippen LogP) is 2.89. The molecule has 0 aliphatic heterocycles. The molecule has 0 saturated heterocycles. The van der Waals surface area contributed by atoms with E-state index in [4.69, 9.17) is 10.5 Å². The molecule has 3 N–H and O–H groups in total. The van der Waals surface area contributed by atoms with Gasteiger partial charge in [0, 0.05) is 12.1 Å². The Bertz CT molecular complexity index is 544. The minimum Gasteiger partial charge on any atom is -0.497 e. The van der Waals surface area contributed by atoms with Crippen LogP contribution in [0.1, 0.15) is 56.9 Å². The van der Waals surface area contributed by atoms with E-state index in [1.54, 1.807) is 7.11 Å². The molecule has 2 saturated carbocycles. The Balaban J connectivity index is 1.78. The highest BCUT2D eigenvalue weighted by Crippen LogP contribution is 2.42. The van der Waals surface area contributed by atoms with Crippen molar-refractivity contribution in [1.29, 1.82) is 0 Å². The zero-order valence-corrected chi connectivity index (χ0v) is 14.0. The molecule has 0 spiro atoms. The molecule has 1 aromatic rings. The van der Waals surface area contributed by atoms with Gasteiger partial charge in [0.1, 0.15) is 5.75 Å². The maximum atomic E-state index is 13.1. The van der Waals surface area contributed by atoms with Gasteiger partial charge in [0.15, 0.2) is 0 Å². The number of methoxy groups -OCH3 is 1. The summed E-state index contributed by atoms with van der Waals surface area (Å²) in [5.74, 6) is 1.02. The summed E-state index contributed by atoms with van der Waals surface area (Å²) < 4.78 is 5.36. The molecule has 0 heterocycles. The van der Waals surface area contributed by atoms with Gasteiger partial charge in [-0.25, -0.2) is 0 Å². The Morgan fingerprint density at radius 3 is 2.57 bits per heavy atom. The number of carbonyl (C=O) groups is 1. The second kappa shape index (κ2) is 6.91. The average Bonchev–Trinajstić information content (AvgIpc) is 3.08. The Labute approximate surface area is 138 Å². The number of ether oxygens (including phenoxy) is 1. The molecule has 3 rings (SSSR count). The van der Waals surface area contributed by atoms with Crippen LogP contribution in [0.4, 0.5) is 0 Å². The first-order chi connectivity index (χ1) is 11.1. The van der Waals surface area contributed by atoms with Crippen molar-refractivity contribution in [3.8, 4) is 5.75 Å². The third-order valence-electron chi connectivity index (χ3n) is 5.62. The second-order valence-electron chi connectivity index (χ2n) is 7.11. The fourth-order valence-corrected chi connectivity index (χ4v) is 4.13. The largest absolute Gasteiger partial charge is 0.497 e. The van der Waals surface area contributed by atoms with Crippen LogP contribution in [0, 0.1) is 0 Å². The van der Waals surface area contributed by atoms with Crippen molar-refractivity contribution in [1.82, 2.24) is 5.32 Å². The summed E-state index contributed by atoms with van der Waals surface area (Å²) in [6.07, 6.45) is 8.10. The van der Waals surface area contributed by atoms with Gasteiger partial charge in [0.25, 0.3) is 0 Å². The van der Waals surface area contributed by atoms with Gasteiger partial charge < -0.3 is 15.8 Å². The molecule has 126 valence electrons. The van der Waals surface area contributed by atoms with E-state index < -0.39 is 0 Å². The molecule has 23 heavy (non-hydrogen) atoms. The summed E-state index contributed by atoms with van der Waals surface area (Å²) >= 11 is 0. The van der Waals surface area contributed by atoms with Crippen LogP contribution in [0.15, 0.2) is 24.3 Å². The van der Waals surface area contributed by atoms with Crippen LogP contribution in [0.2, 0.25) is 0 Å². The first-order valence-corrected chi connectivity index (χ1v) is 8.85. The van der Waals surface area contributed by atoms with E-state index in [0.29, 0.717) is 6.04 Å². The first kappa shape index (κ1) is 16.3. The lowest BCUT2D eigenvalue weighted by molar-refractivity contribution is -0.127. The number of nitrogens with two attached hydrogens (primary N) is 1. The maximum Gasteiger partial charge on any atom is 0.230 e. The quantitative estimate of drug-likeness (QED) is 0.897. The van der Waals surface area contributed by atoms with Crippen LogP contribution in [0.25, 0.3) is 0 Å². The van der Waals surface area contributed by atoms with Crippen LogP contribution in [0.3, 0.4) is 0 Å². The fourth-order valence-electron chi connectivity index (χ4n) is 4.13. The summed E-state index contributed by atoms with van der Waals surface area (Å²) in [7, 11) is 1.67. The number of amides is 1. The monoisotopic (exact) mass is 316 g/mol. The van der Waals surface area contributed by atoms with Crippen molar-refractivity contribution in [2.45, 2.75) is 68.9 Å². The van der Waals surface area contributed by atoms with E-state index in [1.807, 2.05) is 18.2 Å². The van der Waals surface area contributed by atoms with Gasteiger partial charge >= 0.3 is 0 Å². The van der Waals surface area contributed by atoms with E-state index in [9.17, 15) is 4.79 Å². The average molecular weight is 316 g/mol. The Kier molecular flexibility index (Phi) is 4.90. The summed E-state index contributed by atoms with van der Waals surface area (Å²) in [6, 6.07) is 8.62. The van der Waals surface area contributed by atoms with Crippen LogP contribution < -0.4 is 15.8 Å². The number of hydrogen-bond acceptors (Lipinski definition) is 3. The Hall–Kier alpha value is -1.55. The van der Waals surface area contributed by atoms with E-state index in [1.165, 1.54) is 0 Å². The number of nitrogens with one attached hydrogen (secondary N) is 1.